The van der Waals surface area contributed by atoms with Gasteiger partial charge in [-0.1, -0.05) is 22.6 Å². The molecule has 64 valence electrons. The number of Topliss-reactive ketones (excluding diaryl/α,β-unsaturated/α-hetero) is 1. The van der Waals surface area contributed by atoms with E-state index in [1.807, 2.05) is 19.9 Å². The SMILES string of the molecule is Cc1cc(C(=O)CI)cnc1C. The summed E-state index contributed by atoms with van der Waals surface area (Å²) < 4.78 is 0.516. The van der Waals surface area contributed by atoms with E-state index in [1.54, 1.807) is 6.20 Å². The quantitative estimate of drug-likeness (QED) is 0.471. The third-order valence-corrected chi connectivity index (χ3v) is 2.48. The highest BCUT2D eigenvalue weighted by Gasteiger charge is 2.04. The van der Waals surface area contributed by atoms with Crippen LogP contribution >= 0.6 is 22.6 Å². The van der Waals surface area contributed by atoms with Crippen LogP contribution < -0.4 is 0 Å². The first-order chi connectivity index (χ1) is 5.65. The standard InChI is InChI=1S/C9H10INO/c1-6-3-8(9(12)4-10)5-11-7(6)2/h3,5H,4H2,1-2H3. The molecule has 0 bridgehead atoms. The molecule has 0 unspecified atom stereocenters. The first kappa shape index (κ1) is 9.64. The van der Waals surface area contributed by atoms with Crippen molar-refractivity contribution in [3.05, 3.63) is 29.1 Å². The van der Waals surface area contributed by atoms with E-state index in [0.29, 0.717) is 9.99 Å². The van der Waals surface area contributed by atoms with Gasteiger partial charge >= 0.3 is 0 Å². The number of rotatable bonds is 2. The fourth-order valence-electron chi connectivity index (χ4n) is 0.873. The van der Waals surface area contributed by atoms with E-state index in [4.69, 9.17) is 0 Å². The number of alkyl halides is 1. The number of hydrogen-bond donors (Lipinski definition) is 0. The van der Waals surface area contributed by atoms with Crippen LogP contribution in [0.15, 0.2) is 12.3 Å². The lowest BCUT2D eigenvalue weighted by Gasteiger charge is -2.00. The van der Waals surface area contributed by atoms with Crippen molar-refractivity contribution in [1.29, 1.82) is 0 Å². The fourth-order valence-corrected chi connectivity index (χ4v) is 1.31. The van der Waals surface area contributed by atoms with Crippen LogP contribution in [0.25, 0.3) is 0 Å². The van der Waals surface area contributed by atoms with E-state index in [9.17, 15) is 4.79 Å². The highest BCUT2D eigenvalue weighted by Crippen LogP contribution is 2.07. The Morgan fingerprint density at radius 1 is 1.58 bits per heavy atom. The van der Waals surface area contributed by atoms with Crippen molar-refractivity contribution >= 4 is 28.4 Å². The highest BCUT2D eigenvalue weighted by molar-refractivity contribution is 14.1. The summed E-state index contributed by atoms with van der Waals surface area (Å²) in [4.78, 5) is 15.4. The molecule has 0 aliphatic carbocycles. The third kappa shape index (κ3) is 2.03. The second kappa shape index (κ2) is 3.98. The third-order valence-electron chi connectivity index (χ3n) is 1.78. The Labute approximate surface area is 85.5 Å². The van der Waals surface area contributed by atoms with Crippen LogP contribution in [0.5, 0.6) is 0 Å². The average Bonchev–Trinajstić information content (AvgIpc) is 2.08. The molecule has 12 heavy (non-hydrogen) atoms. The summed E-state index contributed by atoms with van der Waals surface area (Å²) in [5.74, 6) is 0.145. The first-order valence-corrected chi connectivity index (χ1v) is 5.20. The number of carbonyl (C=O) groups is 1. The average molecular weight is 275 g/mol. The van der Waals surface area contributed by atoms with Crippen LogP contribution in [0.2, 0.25) is 0 Å². The molecule has 0 aromatic carbocycles. The Balaban J connectivity index is 3.05. The van der Waals surface area contributed by atoms with Gasteiger partial charge in [-0.15, -0.1) is 0 Å². The maximum absolute atomic E-state index is 11.2. The van der Waals surface area contributed by atoms with Gasteiger partial charge in [0.25, 0.3) is 0 Å². The predicted octanol–water partition coefficient (Wildman–Crippen LogP) is 2.32. The van der Waals surface area contributed by atoms with Gasteiger partial charge in [0.05, 0.1) is 4.43 Å². The Morgan fingerprint density at radius 2 is 2.25 bits per heavy atom. The molecule has 0 fully saturated rings. The molecule has 1 aromatic rings. The summed E-state index contributed by atoms with van der Waals surface area (Å²) in [6, 6.07) is 1.89. The molecular weight excluding hydrogens is 265 g/mol. The van der Waals surface area contributed by atoms with Gasteiger partial charge < -0.3 is 0 Å². The topological polar surface area (TPSA) is 30.0 Å². The Morgan fingerprint density at radius 3 is 2.75 bits per heavy atom. The van der Waals surface area contributed by atoms with Crippen molar-refractivity contribution in [3.8, 4) is 0 Å². The number of pyridine rings is 1. The van der Waals surface area contributed by atoms with E-state index < -0.39 is 0 Å². The van der Waals surface area contributed by atoms with E-state index in [1.165, 1.54) is 0 Å². The summed E-state index contributed by atoms with van der Waals surface area (Å²) in [7, 11) is 0. The number of halogens is 1. The van der Waals surface area contributed by atoms with E-state index in [0.717, 1.165) is 11.3 Å². The lowest BCUT2D eigenvalue weighted by Crippen LogP contribution is -2.02. The second-order valence-electron chi connectivity index (χ2n) is 2.68. The molecule has 0 N–H and O–H groups in total. The zero-order valence-electron chi connectivity index (χ0n) is 7.10. The molecule has 1 rings (SSSR count). The normalized spacial score (nSPS) is 9.92. The van der Waals surface area contributed by atoms with Crippen LogP contribution in [0.4, 0.5) is 0 Å². The Bertz CT molecular complexity index is 309. The predicted molar refractivity (Wildman–Crippen MR) is 56.9 cm³/mol. The maximum atomic E-state index is 11.2. The van der Waals surface area contributed by atoms with Crippen LogP contribution in [0.3, 0.4) is 0 Å². The van der Waals surface area contributed by atoms with Gasteiger partial charge in [0, 0.05) is 17.5 Å². The van der Waals surface area contributed by atoms with Gasteiger partial charge in [-0.2, -0.15) is 0 Å². The number of carbonyl (C=O) groups excluding carboxylic acids is 1. The highest BCUT2D eigenvalue weighted by atomic mass is 127. The molecule has 0 atom stereocenters. The van der Waals surface area contributed by atoms with Gasteiger partial charge in [0.2, 0.25) is 0 Å². The molecule has 0 spiro atoms. The minimum absolute atomic E-state index is 0.145. The largest absolute Gasteiger partial charge is 0.293 e. The zero-order chi connectivity index (χ0) is 9.14. The van der Waals surface area contributed by atoms with Crippen molar-refractivity contribution in [2.24, 2.45) is 0 Å². The first-order valence-electron chi connectivity index (χ1n) is 3.67. The van der Waals surface area contributed by atoms with Gasteiger partial charge in [0.1, 0.15) is 0 Å². The zero-order valence-corrected chi connectivity index (χ0v) is 9.25. The number of aromatic nitrogens is 1. The van der Waals surface area contributed by atoms with E-state index in [-0.39, 0.29) is 5.78 Å². The molecular formula is C9H10INO. The van der Waals surface area contributed by atoms with Gasteiger partial charge in [-0.05, 0) is 25.5 Å². The number of aryl methyl sites for hydroxylation is 2. The van der Waals surface area contributed by atoms with Crippen molar-refractivity contribution in [3.63, 3.8) is 0 Å². The molecule has 0 aliphatic rings. The van der Waals surface area contributed by atoms with Crippen LogP contribution in [0, 0.1) is 13.8 Å². The summed E-state index contributed by atoms with van der Waals surface area (Å²) in [6.07, 6.45) is 1.64. The van der Waals surface area contributed by atoms with Gasteiger partial charge in [-0.3, -0.25) is 9.78 Å². The molecule has 0 saturated heterocycles. The fraction of sp³-hybridized carbons (Fsp3) is 0.333. The lowest BCUT2D eigenvalue weighted by atomic mass is 10.1. The molecule has 0 radical (unpaired) electrons. The van der Waals surface area contributed by atoms with Crippen molar-refractivity contribution in [1.82, 2.24) is 4.98 Å². The minimum atomic E-state index is 0.145. The van der Waals surface area contributed by atoms with Crippen LogP contribution in [0.1, 0.15) is 21.6 Å². The van der Waals surface area contributed by atoms with Crippen molar-refractivity contribution in [2.45, 2.75) is 13.8 Å². The second-order valence-corrected chi connectivity index (χ2v) is 3.45. The Hall–Kier alpha value is -0.450. The maximum Gasteiger partial charge on any atom is 0.174 e. The van der Waals surface area contributed by atoms with Gasteiger partial charge in [-0.25, -0.2) is 0 Å². The summed E-state index contributed by atoms with van der Waals surface area (Å²) in [5.41, 5.74) is 2.78. The summed E-state index contributed by atoms with van der Waals surface area (Å²) in [5, 5.41) is 0. The van der Waals surface area contributed by atoms with Crippen LogP contribution in [-0.4, -0.2) is 15.2 Å². The van der Waals surface area contributed by atoms with E-state index in [2.05, 4.69) is 27.6 Å². The molecule has 0 aliphatic heterocycles. The summed E-state index contributed by atoms with van der Waals surface area (Å²) >= 11 is 2.06. The molecule has 0 saturated carbocycles. The number of ketones is 1. The minimum Gasteiger partial charge on any atom is -0.293 e. The van der Waals surface area contributed by atoms with Crippen molar-refractivity contribution in [2.75, 3.05) is 4.43 Å². The van der Waals surface area contributed by atoms with E-state index >= 15 is 0 Å². The lowest BCUT2D eigenvalue weighted by molar-refractivity contribution is 0.102. The smallest absolute Gasteiger partial charge is 0.174 e. The molecule has 2 nitrogen and oxygen atoms in total. The molecule has 1 aromatic heterocycles. The number of hydrogen-bond acceptors (Lipinski definition) is 2. The van der Waals surface area contributed by atoms with Crippen LogP contribution in [-0.2, 0) is 0 Å². The monoisotopic (exact) mass is 275 g/mol. The van der Waals surface area contributed by atoms with Crippen molar-refractivity contribution < 1.29 is 4.79 Å². The number of nitrogens with zero attached hydrogens (tertiary/aromatic N) is 1. The molecule has 1 heterocycles. The Kier molecular flexibility index (Phi) is 3.20. The molecule has 0 amide bonds. The van der Waals surface area contributed by atoms with Gasteiger partial charge in [0.15, 0.2) is 5.78 Å². The molecule has 3 heteroatoms. The summed E-state index contributed by atoms with van der Waals surface area (Å²) in [6.45, 7) is 3.90.